The van der Waals surface area contributed by atoms with Crippen LogP contribution in [0.5, 0.6) is 0 Å². The van der Waals surface area contributed by atoms with Crippen molar-refractivity contribution in [1.29, 1.82) is 0 Å². The van der Waals surface area contributed by atoms with Crippen molar-refractivity contribution in [3.63, 3.8) is 0 Å². The summed E-state index contributed by atoms with van der Waals surface area (Å²) in [6.45, 7) is 0. The number of fused-ring (bicyclic) bond motifs is 3. The van der Waals surface area contributed by atoms with Crippen LogP contribution in [0.25, 0.3) is 87.7 Å². The molecule has 2 aromatic heterocycles. The Morgan fingerprint density at radius 1 is 0.286 bits per heavy atom. The molecule has 4 heteroatoms. The van der Waals surface area contributed by atoms with Gasteiger partial charge in [-0.1, -0.05) is 170 Å². The second kappa shape index (κ2) is 12.4. The number of rotatable bonds is 6. The van der Waals surface area contributed by atoms with Crippen LogP contribution in [0.15, 0.2) is 176 Å². The fourth-order valence-electron chi connectivity index (χ4n) is 6.57. The van der Waals surface area contributed by atoms with Crippen LogP contribution in [0.1, 0.15) is 0 Å². The van der Waals surface area contributed by atoms with Gasteiger partial charge < -0.3 is 0 Å². The molecule has 0 saturated heterocycles. The zero-order valence-electron chi connectivity index (χ0n) is 26.5. The zero-order chi connectivity index (χ0) is 32.6. The molecule has 0 saturated carbocycles. The summed E-state index contributed by atoms with van der Waals surface area (Å²) in [6, 6.07) is 61.5. The topological polar surface area (TPSA) is 38.7 Å². The van der Waals surface area contributed by atoms with Gasteiger partial charge in [0, 0.05) is 36.9 Å². The monoisotopic (exact) mass is 643 g/mol. The molecule has 0 fully saturated rings. The maximum atomic E-state index is 5.17. The standard InChI is InChI=1S/C45H29N3S/c1-5-14-30(15-6-1)31-24-26-35(27-25-31)44-46-43(34-20-11-4-12-21-34)47-45(48-44)39-23-13-22-38-40-36(32-16-7-2-8-17-32)28-29-37(42(40)49-41(38)39)33-18-9-3-10-19-33/h1-29H. The summed E-state index contributed by atoms with van der Waals surface area (Å²) in [5.74, 6) is 1.97. The molecule has 0 aliphatic rings. The highest BCUT2D eigenvalue weighted by Crippen LogP contribution is 2.47. The number of hydrogen-bond donors (Lipinski definition) is 0. The normalized spacial score (nSPS) is 11.3. The van der Waals surface area contributed by atoms with Gasteiger partial charge in [-0.25, -0.2) is 15.0 Å². The lowest BCUT2D eigenvalue weighted by atomic mass is 9.94. The summed E-state index contributed by atoms with van der Waals surface area (Å²) >= 11 is 1.82. The average molecular weight is 644 g/mol. The Kier molecular flexibility index (Phi) is 7.34. The van der Waals surface area contributed by atoms with Crippen LogP contribution < -0.4 is 0 Å². The van der Waals surface area contributed by atoms with E-state index in [0.29, 0.717) is 17.5 Å². The molecule has 0 unspecified atom stereocenters. The number of benzene rings is 7. The van der Waals surface area contributed by atoms with Crippen molar-refractivity contribution in [3.8, 4) is 67.5 Å². The maximum absolute atomic E-state index is 5.17. The van der Waals surface area contributed by atoms with Crippen LogP contribution in [-0.4, -0.2) is 15.0 Å². The number of thiophene rings is 1. The van der Waals surface area contributed by atoms with E-state index in [1.807, 2.05) is 35.6 Å². The van der Waals surface area contributed by atoms with Crippen LogP contribution in [0, 0.1) is 0 Å². The van der Waals surface area contributed by atoms with Crippen molar-refractivity contribution in [1.82, 2.24) is 15.0 Å². The van der Waals surface area contributed by atoms with E-state index in [4.69, 9.17) is 15.0 Å². The van der Waals surface area contributed by atoms with Crippen LogP contribution >= 0.6 is 11.3 Å². The Morgan fingerprint density at radius 2 is 0.735 bits per heavy atom. The van der Waals surface area contributed by atoms with Gasteiger partial charge in [-0.3, -0.25) is 0 Å². The Balaban J connectivity index is 1.27. The molecular formula is C45H29N3S. The third-order valence-corrected chi connectivity index (χ3v) is 10.2. The van der Waals surface area contributed by atoms with E-state index in [1.165, 1.54) is 43.3 Å². The Morgan fingerprint density at radius 3 is 1.35 bits per heavy atom. The van der Waals surface area contributed by atoms with Gasteiger partial charge in [-0.15, -0.1) is 11.3 Å². The van der Waals surface area contributed by atoms with Crippen LogP contribution in [0.3, 0.4) is 0 Å². The van der Waals surface area contributed by atoms with E-state index in [0.717, 1.165) is 27.0 Å². The molecule has 230 valence electrons. The minimum Gasteiger partial charge on any atom is -0.208 e. The first-order chi connectivity index (χ1) is 24.3. The molecular weight excluding hydrogens is 615 g/mol. The van der Waals surface area contributed by atoms with E-state index in [1.54, 1.807) is 0 Å². The van der Waals surface area contributed by atoms with Gasteiger partial charge in [-0.2, -0.15) is 0 Å². The van der Waals surface area contributed by atoms with Gasteiger partial charge in [0.05, 0.1) is 0 Å². The molecule has 0 amide bonds. The molecule has 0 radical (unpaired) electrons. The molecule has 0 aliphatic carbocycles. The lowest BCUT2D eigenvalue weighted by molar-refractivity contribution is 1.08. The first kappa shape index (κ1) is 29.0. The summed E-state index contributed by atoms with van der Waals surface area (Å²) in [6.07, 6.45) is 0. The van der Waals surface area contributed by atoms with E-state index >= 15 is 0 Å². The van der Waals surface area contributed by atoms with Crippen molar-refractivity contribution < 1.29 is 0 Å². The summed E-state index contributed by atoms with van der Waals surface area (Å²) < 4.78 is 2.41. The summed E-state index contributed by atoms with van der Waals surface area (Å²) in [5, 5.41) is 2.45. The molecule has 0 N–H and O–H groups in total. The molecule has 49 heavy (non-hydrogen) atoms. The maximum Gasteiger partial charge on any atom is 0.165 e. The molecule has 0 aliphatic heterocycles. The van der Waals surface area contributed by atoms with Crippen molar-refractivity contribution in [2.75, 3.05) is 0 Å². The smallest absolute Gasteiger partial charge is 0.165 e. The highest BCUT2D eigenvalue weighted by atomic mass is 32.1. The summed E-state index contributed by atoms with van der Waals surface area (Å²) in [4.78, 5) is 15.3. The van der Waals surface area contributed by atoms with E-state index < -0.39 is 0 Å². The fourth-order valence-corrected chi connectivity index (χ4v) is 7.94. The highest BCUT2D eigenvalue weighted by molar-refractivity contribution is 7.27. The molecule has 3 nitrogen and oxygen atoms in total. The van der Waals surface area contributed by atoms with Gasteiger partial charge in [0.25, 0.3) is 0 Å². The van der Waals surface area contributed by atoms with Crippen LogP contribution in [0.4, 0.5) is 0 Å². The summed E-state index contributed by atoms with van der Waals surface area (Å²) in [7, 11) is 0. The van der Waals surface area contributed by atoms with Crippen LogP contribution in [-0.2, 0) is 0 Å². The molecule has 0 bridgehead atoms. The molecule has 7 aromatic carbocycles. The first-order valence-corrected chi connectivity index (χ1v) is 17.2. The first-order valence-electron chi connectivity index (χ1n) is 16.4. The summed E-state index contributed by atoms with van der Waals surface area (Å²) in [5.41, 5.74) is 10.1. The highest BCUT2D eigenvalue weighted by Gasteiger charge is 2.20. The Labute approximate surface area is 288 Å². The molecule has 9 aromatic rings. The predicted molar refractivity (Wildman–Crippen MR) is 205 cm³/mol. The second-order valence-electron chi connectivity index (χ2n) is 12.0. The predicted octanol–water partition coefficient (Wildman–Crippen LogP) is 12.2. The van der Waals surface area contributed by atoms with Crippen molar-refractivity contribution in [3.05, 3.63) is 176 Å². The van der Waals surface area contributed by atoms with Gasteiger partial charge >= 0.3 is 0 Å². The number of hydrogen-bond acceptors (Lipinski definition) is 4. The second-order valence-corrected chi connectivity index (χ2v) is 13.0. The van der Waals surface area contributed by atoms with E-state index in [9.17, 15) is 0 Å². The third kappa shape index (κ3) is 5.38. The SMILES string of the molecule is c1ccc(-c2ccc(-c3nc(-c4ccccc4)nc(-c4cccc5c4sc4c(-c6ccccc6)ccc(-c6ccccc6)c45)n3)cc2)cc1. The largest absolute Gasteiger partial charge is 0.208 e. The van der Waals surface area contributed by atoms with Gasteiger partial charge in [0.15, 0.2) is 17.5 Å². The van der Waals surface area contributed by atoms with Gasteiger partial charge in [0.2, 0.25) is 0 Å². The van der Waals surface area contributed by atoms with Crippen molar-refractivity contribution >= 4 is 31.5 Å². The van der Waals surface area contributed by atoms with Crippen LogP contribution in [0.2, 0.25) is 0 Å². The van der Waals surface area contributed by atoms with E-state index in [-0.39, 0.29) is 0 Å². The van der Waals surface area contributed by atoms with Gasteiger partial charge in [-0.05, 0) is 39.4 Å². The molecule has 0 atom stereocenters. The quantitative estimate of drug-likeness (QED) is 0.181. The third-order valence-electron chi connectivity index (χ3n) is 8.97. The Bertz CT molecular complexity index is 2560. The van der Waals surface area contributed by atoms with Crippen molar-refractivity contribution in [2.24, 2.45) is 0 Å². The minimum atomic E-state index is 0.650. The molecule has 9 rings (SSSR count). The average Bonchev–Trinajstić information content (AvgIpc) is 3.59. The fraction of sp³-hybridized carbons (Fsp3) is 0. The van der Waals surface area contributed by atoms with Crippen molar-refractivity contribution in [2.45, 2.75) is 0 Å². The zero-order valence-corrected chi connectivity index (χ0v) is 27.3. The lowest BCUT2D eigenvalue weighted by Crippen LogP contribution is -2.00. The van der Waals surface area contributed by atoms with E-state index in [2.05, 4.69) is 152 Å². The Hall–Kier alpha value is -6.23. The minimum absolute atomic E-state index is 0.650. The number of nitrogens with zero attached hydrogens (tertiary/aromatic N) is 3. The van der Waals surface area contributed by atoms with Gasteiger partial charge in [0.1, 0.15) is 0 Å². The lowest BCUT2D eigenvalue weighted by Gasteiger charge is -2.10. The molecule has 2 heterocycles. The number of aromatic nitrogens is 3. The molecule has 0 spiro atoms.